The molecule has 32 heavy (non-hydrogen) atoms. The number of rotatable bonds is 6. The first-order valence-electron chi connectivity index (χ1n) is 10.2. The van der Waals surface area contributed by atoms with Gasteiger partial charge in [-0.1, -0.05) is 30.3 Å². The molecule has 2 aromatic heterocycles. The number of para-hydroxylation sites is 1. The van der Waals surface area contributed by atoms with Crippen molar-refractivity contribution in [2.24, 2.45) is 0 Å². The highest BCUT2D eigenvalue weighted by molar-refractivity contribution is 6.02. The Balaban J connectivity index is 1.59. The van der Waals surface area contributed by atoms with Crippen molar-refractivity contribution in [2.75, 3.05) is 11.9 Å². The van der Waals surface area contributed by atoms with Crippen molar-refractivity contribution in [1.29, 1.82) is 0 Å². The lowest BCUT2D eigenvalue weighted by atomic mass is 10.0. The third-order valence-corrected chi connectivity index (χ3v) is 5.11. The van der Waals surface area contributed by atoms with Crippen LogP contribution in [0.3, 0.4) is 0 Å². The smallest absolute Gasteiger partial charge is 0.255 e. The third-order valence-electron chi connectivity index (χ3n) is 5.11. The zero-order chi connectivity index (χ0) is 22.5. The van der Waals surface area contributed by atoms with E-state index < -0.39 is 0 Å². The second-order valence-electron chi connectivity index (χ2n) is 7.44. The number of hydrogen-bond acceptors (Lipinski definition) is 4. The maximum atomic E-state index is 13.0. The summed E-state index contributed by atoms with van der Waals surface area (Å²) in [4.78, 5) is 29.2. The van der Waals surface area contributed by atoms with Gasteiger partial charge in [-0.15, -0.1) is 0 Å². The number of amides is 2. The standard InChI is InChI=1S/C25H23N5O2/c1-17-10-11-19(13-18(17)2)24-22(16-30(29-24)21-8-4-3-5-9-21)25(32)27-15-23(31)28-20-7-6-12-26-14-20/h3-14,16H,15H2,1-2H3,(H,27,32)(H,28,31). The summed E-state index contributed by atoms with van der Waals surface area (Å²) in [5.74, 6) is -0.712. The molecular weight excluding hydrogens is 402 g/mol. The number of aromatic nitrogens is 3. The fourth-order valence-corrected chi connectivity index (χ4v) is 3.25. The van der Waals surface area contributed by atoms with Gasteiger partial charge in [-0.3, -0.25) is 14.6 Å². The van der Waals surface area contributed by atoms with E-state index in [1.165, 1.54) is 0 Å². The van der Waals surface area contributed by atoms with E-state index in [9.17, 15) is 9.59 Å². The molecule has 0 aliphatic carbocycles. The van der Waals surface area contributed by atoms with Crippen molar-refractivity contribution in [1.82, 2.24) is 20.1 Å². The minimum Gasteiger partial charge on any atom is -0.343 e. The average molecular weight is 425 g/mol. The Morgan fingerprint density at radius 3 is 2.50 bits per heavy atom. The summed E-state index contributed by atoms with van der Waals surface area (Å²) < 4.78 is 1.68. The van der Waals surface area contributed by atoms with Gasteiger partial charge in [-0.05, 0) is 55.3 Å². The molecule has 160 valence electrons. The van der Waals surface area contributed by atoms with Crippen molar-refractivity contribution in [3.63, 3.8) is 0 Å². The Bertz CT molecular complexity index is 1250. The summed E-state index contributed by atoms with van der Waals surface area (Å²) in [7, 11) is 0. The molecule has 4 aromatic rings. The summed E-state index contributed by atoms with van der Waals surface area (Å²) in [6, 6.07) is 19.0. The topological polar surface area (TPSA) is 88.9 Å². The van der Waals surface area contributed by atoms with Crippen LogP contribution >= 0.6 is 0 Å². The maximum Gasteiger partial charge on any atom is 0.255 e. The number of benzene rings is 2. The Morgan fingerprint density at radius 2 is 1.78 bits per heavy atom. The van der Waals surface area contributed by atoms with Crippen LogP contribution in [-0.4, -0.2) is 33.1 Å². The van der Waals surface area contributed by atoms with Crippen molar-refractivity contribution < 1.29 is 9.59 Å². The molecule has 0 saturated heterocycles. The van der Waals surface area contributed by atoms with Gasteiger partial charge in [0, 0.05) is 18.0 Å². The Morgan fingerprint density at radius 1 is 0.969 bits per heavy atom. The van der Waals surface area contributed by atoms with Crippen molar-refractivity contribution >= 4 is 17.5 Å². The molecular formula is C25H23N5O2. The van der Waals surface area contributed by atoms with E-state index in [2.05, 4.69) is 20.7 Å². The van der Waals surface area contributed by atoms with E-state index >= 15 is 0 Å². The number of anilines is 1. The first kappa shape index (κ1) is 21.0. The van der Waals surface area contributed by atoms with Crippen LogP contribution < -0.4 is 10.6 Å². The van der Waals surface area contributed by atoms with Gasteiger partial charge in [0.2, 0.25) is 5.91 Å². The second kappa shape index (κ2) is 9.26. The van der Waals surface area contributed by atoms with Crippen LogP contribution in [0.4, 0.5) is 5.69 Å². The highest BCUT2D eigenvalue weighted by Gasteiger charge is 2.19. The van der Waals surface area contributed by atoms with Crippen LogP contribution in [0.25, 0.3) is 16.9 Å². The molecule has 2 amide bonds. The summed E-state index contributed by atoms with van der Waals surface area (Å²) in [5.41, 5.74) is 5.47. The summed E-state index contributed by atoms with van der Waals surface area (Å²) in [6.07, 6.45) is 4.85. The lowest BCUT2D eigenvalue weighted by Gasteiger charge is -2.08. The molecule has 7 nitrogen and oxygen atoms in total. The Labute approximate surface area is 186 Å². The van der Waals surface area contributed by atoms with Gasteiger partial charge in [0.15, 0.2) is 0 Å². The van der Waals surface area contributed by atoms with Gasteiger partial charge >= 0.3 is 0 Å². The van der Waals surface area contributed by atoms with Gasteiger partial charge in [0.05, 0.1) is 29.7 Å². The first-order valence-corrected chi connectivity index (χ1v) is 10.2. The van der Waals surface area contributed by atoms with Gasteiger partial charge < -0.3 is 10.6 Å². The highest BCUT2D eigenvalue weighted by Crippen LogP contribution is 2.26. The van der Waals surface area contributed by atoms with Gasteiger partial charge in [-0.2, -0.15) is 5.10 Å². The van der Waals surface area contributed by atoms with Crippen LogP contribution in [-0.2, 0) is 4.79 Å². The lowest BCUT2D eigenvalue weighted by molar-refractivity contribution is -0.115. The second-order valence-corrected chi connectivity index (χ2v) is 7.44. The number of nitrogens with zero attached hydrogens (tertiary/aromatic N) is 3. The third kappa shape index (κ3) is 4.73. The molecule has 2 N–H and O–H groups in total. The van der Waals surface area contributed by atoms with Crippen LogP contribution in [0, 0.1) is 13.8 Å². The summed E-state index contributed by atoms with van der Waals surface area (Å²) in [6.45, 7) is 3.89. The number of pyridine rings is 1. The van der Waals surface area contributed by atoms with Gasteiger partial charge in [0.1, 0.15) is 5.69 Å². The van der Waals surface area contributed by atoms with E-state index in [0.717, 1.165) is 22.4 Å². The van der Waals surface area contributed by atoms with Crippen molar-refractivity contribution in [3.05, 3.63) is 95.9 Å². The average Bonchev–Trinajstić information content (AvgIpc) is 3.26. The molecule has 0 radical (unpaired) electrons. The lowest BCUT2D eigenvalue weighted by Crippen LogP contribution is -2.33. The predicted molar refractivity (Wildman–Crippen MR) is 124 cm³/mol. The molecule has 0 fully saturated rings. The van der Waals surface area contributed by atoms with E-state index in [1.54, 1.807) is 35.4 Å². The van der Waals surface area contributed by atoms with E-state index in [1.807, 2.05) is 62.4 Å². The minimum atomic E-state index is -0.373. The molecule has 0 aliphatic heterocycles. The number of carbonyl (C=O) groups is 2. The number of hydrogen-bond donors (Lipinski definition) is 2. The number of nitrogens with one attached hydrogen (secondary N) is 2. The van der Waals surface area contributed by atoms with E-state index in [0.29, 0.717) is 16.9 Å². The zero-order valence-electron chi connectivity index (χ0n) is 17.9. The molecule has 0 atom stereocenters. The normalized spacial score (nSPS) is 10.6. The summed E-state index contributed by atoms with van der Waals surface area (Å²) >= 11 is 0. The molecule has 0 bridgehead atoms. The largest absolute Gasteiger partial charge is 0.343 e. The molecule has 7 heteroatoms. The fraction of sp³-hybridized carbons (Fsp3) is 0.120. The first-order chi connectivity index (χ1) is 15.5. The highest BCUT2D eigenvalue weighted by atomic mass is 16.2. The van der Waals surface area contributed by atoms with Crippen molar-refractivity contribution in [2.45, 2.75) is 13.8 Å². The van der Waals surface area contributed by atoms with E-state index in [-0.39, 0.29) is 18.4 Å². The molecule has 0 saturated carbocycles. The monoisotopic (exact) mass is 425 g/mol. The SMILES string of the molecule is Cc1ccc(-c2nn(-c3ccccc3)cc2C(=O)NCC(=O)Nc2cccnc2)cc1C. The molecule has 4 rings (SSSR count). The Kier molecular flexibility index (Phi) is 6.07. The van der Waals surface area contributed by atoms with Crippen LogP contribution in [0.2, 0.25) is 0 Å². The zero-order valence-corrected chi connectivity index (χ0v) is 17.9. The Hall–Kier alpha value is -4.26. The predicted octanol–water partition coefficient (Wildman–Crippen LogP) is 3.92. The molecule has 2 heterocycles. The molecule has 2 aromatic carbocycles. The minimum absolute atomic E-state index is 0.170. The van der Waals surface area contributed by atoms with Gasteiger partial charge in [-0.25, -0.2) is 4.68 Å². The number of carbonyl (C=O) groups excluding carboxylic acids is 2. The molecule has 0 spiro atoms. The van der Waals surface area contributed by atoms with E-state index in [4.69, 9.17) is 0 Å². The molecule has 0 unspecified atom stereocenters. The van der Waals surface area contributed by atoms with Gasteiger partial charge in [0.25, 0.3) is 5.91 Å². The van der Waals surface area contributed by atoms with Crippen molar-refractivity contribution in [3.8, 4) is 16.9 Å². The van der Waals surface area contributed by atoms with Crippen LogP contribution in [0.15, 0.2) is 79.3 Å². The van der Waals surface area contributed by atoms with Crippen LogP contribution in [0.1, 0.15) is 21.5 Å². The molecule has 0 aliphatic rings. The fourth-order valence-electron chi connectivity index (χ4n) is 3.25. The van der Waals surface area contributed by atoms with Crippen LogP contribution in [0.5, 0.6) is 0 Å². The number of aryl methyl sites for hydroxylation is 2. The quantitative estimate of drug-likeness (QED) is 0.490. The summed E-state index contributed by atoms with van der Waals surface area (Å²) in [5, 5.41) is 10.1. The maximum absolute atomic E-state index is 13.0.